The van der Waals surface area contributed by atoms with Crippen LogP contribution in [0.15, 0.2) is 40.9 Å². The van der Waals surface area contributed by atoms with E-state index in [9.17, 15) is 14.0 Å². The first kappa shape index (κ1) is 25.3. The number of aromatic nitrogens is 1. The van der Waals surface area contributed by atoms with Gasteiger partial charge in [0.2, 0.25) is 5.91 Å². The van der Waals surface area contributed by atoms with Gasteiger partial charge in [-0.2, -0.15) is 0 Å². The lowest BCUT2D eigenvalue weighted by Gasteiger charge is -2.38. The Morgan fingerprint density at radius 2 is 1.95 bits per heavy atom. The second-order valence-corrected chi connectivity index (χ2v) is 11.1. The summed E-state index contributed by atoms with van der Waals surface area (Å²) < 4.78 is 27.3. The van der Waals surface area contributed by atoms with E-state index in [1.54, 1.807) is 35.2 Å². The molecule has 1 saturated heterocycles. The van der Waals surface area contributed by atoms with Gasteiger partial charge in [-0.3, -0.25) is 14.5 Å². The molecule has 10 heteroatoms. The third-order valence-electron chi connectivity index (χ3n) is 7.78. The summed E-state index contributed by atoms with van der Waals surface area (Å²) in [4.78, 5) is 25.8. The van der Waals surface area contributed by atoms with Gasteiger partial charge in [0.05, 0.1) is 16.7 Å². The second-order valence-electron chi connectivity index (χ2n) is 10.3. The molecule has 1 N–H and O–H groups in total. The molecule has 1 aliphatic heterocycles. The normalized spacial score (nSPS) is 22.4. The molecule has 2 aromatic carbocycles. The Labute approximate surface area is 228 Å². The summed E-state index contributed by atoms with van der Waals surface area (Å²) in [6.07, 6.45) is 3.68. The number of carbonyl (C=O) groups excluding carboxylic acids is 1. The van der Waals surface area contributed by atoms with Gasteiger partial charge in [0.1, 0.15) is 23.0 Å². The van der Waals surface area contributed by atoms with Crippen molar-refractivity contribution in [1.29, 1.82) is 0 Å². The monoisotopic (exact) mass is 558 g/mol. The number of anilines is 1. The number of aliphatic carboxylic acids is 1. The van der Waals surface area contributed by atoms with Crippen molar-refractivity contribution in [3.05, 3.63) is 69.1 Å². The highest BCUT2D eigenvalue weighted by Gasteiger charge is 2.57. The predicted molar refractivity (Wildman–Crippen MR) is 139 cm³/mol. The van der Waals surface area contributed by atoms with Crippen LogP contribution in [-0.4, -0.2) is 27.9 Å². The second kappa shape index (κ2) is 9.67. The van der Waals surface area contributed by atoms with E-state index >= 15 is 0 Å². The number of amides is 1. The largest absolute Gasteiger partial charge is 0.481 e. The van der Waals surface area contributed by atoms with Crippen LogP contribution >= 0.6 is 23.2 Å². The van der Waals surface area contributed by atoms with Gasteiger partial charge >= 0.3 is 5.97 Å². The number of carbonyl (C=O) groups is 2. The summed E-state index contributed by atoms with van der Waals surface area (Å²) in [6, 6.07) is 9.75. The molecule has 3 aliphatic rings. The fourth-order valence-corrected chi connectivity index (χ4v) is 6.30. The molecule has 0 unspecified atom stereocenters. The standard InChI is InChI=1S/C28H25Cl2FN2O5/c29-20-2-1-3-21(30)24(20)25-19(26(38-32-25)16-4-5-16)14-37-28-11-10-17(13-28)27(36)33(28)18-8-6-15(22(31)12-18)7-9-23(34)35/h1-3,6,8,12,16-17H,4-5,7,9-11,13-14H2,(H,34,35)/t17-,28+/m1/s1. The molecule has 1 aromatic heterocycles. The number of hydrogen-bond donors (Lipinski definition) is 1. The van der Waals surface area contributed by atoms with Gasteiger partial charge in [-0.25, -0.2) is 4.39 Å². The number of carboxylic acids is 1. The number of aryl methyl sites for hydroxylation is 1. The number of fused-ring (bicyclic) bond motifs is 2. The molecule has 38 heavy (non-hydrogen) atoms. The molecule has 6 rings (SSSR count). The molecule has 0 spiro atoms. The highest BCUT2D eigenvalue weighted by Crippen LogP contribution is 2.52. The predicted octanol–water partition coefficient (Wildman–Crippen LogP) is 6.74. The van der Waals surface area contributed by atoms with Crippen LogP contribution in [0.1, 0.15) is 61.3 Å². The molecule has 2 bridgehead atoms. The van der Waals surface area contributed by atoms with Crippen LogP contribution in [0.25, 0.3) is 11.3 Å². The summed E-state index contributed by atoms with van der Waals surface area (Å²) in [6.45, 7) is 0.127. The van der Waals surface area contributed by atoms with Gasteiger partial charge in [0.15, 0.2) is 0 Å². The van der Waals surface area contributed by atoms with E-state index in [0.717, 1.165) is 24.2 Å². The van der Waals surface area contributed by atoms with Gasteiger partial charge in [0, 0.05) is 41.5 Å². The fourth-order valence-electron chi connectivity index (χ4n) is 5.72. The van der Waals surface area contributed by atoms with Gasteiger partial charge in [-0.05, 0) is 61.9 Å². The zero-order valence-corrected chi connectivity index (χ0v) is 21.9. The van der Waals surface area contributed by atoms with Gasteiger partial charge < -0.3 is 14.4 Å². The zero-order chi connectivity index (χ0) is 26.6. The van der Waals surface area contributed by atoms with Gasteiger partial charge in [-0.1, -0.05) is 40.5 Å². The van der Waals surface area contributed by atoms with Crippen LogP contribution in [0.2, 0.25) is 10.0 Å². The molecule has 0 radical (unpaired) electrons. The van der Waals surface area contributed by atoms with E-state index < -0.39 is 17.5 Å². The van der Waals surface area contributed by atoms with Gasteiger partial charge in [-0.15, -0.1) is 0 Å². The van der Waals surface area contributed by atoms with E-state index in [2.05, 4.69) is 5.16 Å². The molecule has 7 nitrogen and oxygen atoms in total. The van der Waals surface area contributed by atoms with Crippen molar-refractivity contribution in [3.63, 3.8) is 0 Å². The molecule has 2 saturated carbocycles. The summed E-state index contributed by atoms with van der Waals surface area (Å²) in [7, 11) is 0. The molecule has 3 fully saturated rings. The number of piperidine rings is 1. The van der Waals surface area contributed by atoms with Crippen LogP contribution in [0.5, 0.6) is 0 Å². The highest BCUT2D eigenvalue weighted by molar-refractivity contribution is 6.39. The molecule has 2 aliphatic carbocycles. The van der Waals surface area contributed by atoms with Crippen molar-refractivity contribution in [3.8, 4) is 11.3 Å². The van der Waals surface area contributed by atoms with Crippen LogP contribution in [0.3, 0.4) is 0 Å². The van der Waals surface area contributed by atoms with E-state index in [-0.39, 0.29) is 37.2 Å². The first-order chi connectivity index (χ1) is 18.3. The quantitative estimate of drug-likeness (QED) is 0.312. The van der Waals surface area contributed by atoms with Crippen molar-refractivity contribution in [2.75, 3.05) is 4.90 Å². The maximum atomic E-state index is 14.9. The number of rotatable bonds is 9. The van der Waals surface area contributed by atoms with E-state index in [1.807, 2.05) is 0 Å². The topological polar surface area (TPSA) is 92.9 Å². The molecular formula is C28H25Cl2FN2O5. The Hall–Kier alpha value is -2.94. The minimum Gasteiger partial charge on any atom is -0.481 e. The highest BCUT2D eigenvalue weighted by atomic mass is 35.5. The first-order valence-corrected chi connectivity index (χ1v) is 13.4. The summed E-state index contributed by atoms with van der Waals surface area (Å²) in [5.74, 6) is -0.848. The number of nitrogens with zero attached hydrogens (tertiary/aromatic N) is 2. The maximum Gasteiger partial charge on any atom is 0.303 e. The van der Waals surface area contributed by atoms with Crippen LogP contribution < -0.4 is 4.90 Å². The Kier molecular flexibility index (Phi) is 6.45. The molecule has 198 valence electrons. The van der Waals surface area contributed by atoms with Crippen LogP contribution in [0, 0.1) is 11.7 Å². The summed E-state index contributed by atoms with van der Waals surface area (Å²) >= 11 is 13.0. The summed E-state index contributed by atoms with van der Waals surface area (Å²) in [5.41, 5.74) is 1.62. The van der Waals surface area contributed by atoms with E-state index in [4.69, 9.17) is 37.6 Å². The van der Waals surface area contributed by atoms with Crippen molar-refractivity contribution in [1.82, 2.24) is 5.16 Å². The summed E-state index contributed by atoms with van der Waals surface area (Å²) in [5, 5.41) is 14.2. The Morgan fingerprint density at radius 1 is 1.18 bits per heavy atom. The maximum absolute atomic E-state index is 14.9. The SMILES string of the molecule is O=C(O)CCc1ccc(N2C(=O)[C@@H]3CC[C@]2(OCc2c(-c4c(Cl)cccc4Cl)noc2C2CC2)C3)cc1F. The zero-order valence-electron chi connectivity index (χ0n) is 20.4. The van der Waals surface area contributed by atoms with Crippen molar-refractivity contribution >= 4 is 40.8 Å². The molecule has 3 aromatic rings. The first-order valence-electron chi connectivity index (χ1n) is 12.7. The Balaban J connectivity index is 1.31. The lowest BCUT2D eigenvalue weighted by atomic mass is 10.0. The average Bonchev–Trinajstić information content (AvgIpc) is 3.40. The number of benzene rings is 2. The molecule has 1 amide bonds. The average molecular weight is 559 g/mol. The van der Waals surface area contributed by atoms with Crippen LogP contribution in [-0.2, 0) is 27.4 Å². The van der Waals surface area contributed by atoms with Gasteiger partial charge in [0.25, 0.3) is 0 Å². The fraction of sp³-hybridized carbons (Fsp3) is 0.393. The molecule has 2 atom stereocenters. The number of ether oxygens (including phenoxy) is 1. The smallest absolute Gasteiger partial charge is 0.303 e. The number of hydrogen-bond acceptors (Lipinski definition) is 5. The Bertz CT molecular complexity index is 1420. The van der Waals surface area contributed by atoms with Crippen molar-refractivity contribution < 1.29 is 28.3 Å². The minimum absolute atomic E-state index is 0.0739. The number of halogens is 3. The lowest BCUT2D eigenvalue weighted by Crippen LogP contribution is -2.49. The third-order valence-corrected chi connectivity index (χ3v) is 8.41. The third kappa shape index (κ3) is 4.38. The van der Waals surface area contributed by atoms with Crippen LogP contribution in [0.4, 0.5) is 10.1 Å². The molecular weight excluding hydrogens is 534 g/mol. The number of carboxylic acid groups (broad SMARTS) is 1. The van der Waals surface area contributed by atoms with E-state index in [0.29, 0.717) is 51.8 Å². The van der Waals surface area contributed by atoms with Crippen molar-refractivity contribution in [2.45, 2.75) is 63.2 Å². The Morgan fingerprint density at radius 3 is 2.63 bits per heavy atom. The molecule has 2 heterocycles. The lowest BCUT2D eigenvalue weighted by molar-refractivity contribution is -0.137. The minimum atomic E-state index is -0.996. The van der Waals surface area contributed by atoms with E-state index in [1.165, 1.54) is 6.07 Å². The van der Waals surface area contributed by atoms with Crippen molar-refractivity contribution in [2.24, 2.45) is 5.92 Å².